The van der Waals surface area contributed by atoms with E-state index < -0.39 is 10.0 Å². The van der Waals surface area contributed by atoms with E-state index in [1.165, 1.54) is 6.26 Å². The van der Waals surface area contributed by atoms with Gasteiger partial charge in [-0.3, -0.25) is 4.79 Å². The van der Waals surface area contributed by atoms with Gasteiger partial charge in [0.1, 0.15) is 0 Å². The number of fused-ring (bicyclic) bond motifs is 1. The van der Waals surface area contributed by atoms with E-state index in [1.807, 2.05) is 4.90 Å². The van der Waals surface area contributed by atoms with Crippen LogP contribution < -0.4 is 4.72 Å². The molecule has 138 valence electrons. The van der Waals surface area contributed by atoms with E-state index in [0.29, 0.717) is 26.2 Å². The molecule has 3 rings (SSSR count). The normalized spacial score (nSPS) is 32.2. The number of carbonyl (C=O) groups excluding carboxylic acids is 1. The second kappa shape index (κ2) is 7.27. The molecule has 3 atom stereocenters. The summed E-state index contributed by atoms with van der Waals surface area (Å²) in [4.78, 5) is 17.1. The molecule has 3 aliphatic heterocycles. The summed E-state index contributed by atoms with van der Waals surface area (Å²) in [6, 6.07) is 0. The first-order valence-electron chi connectivity index (χ1n) is 8.94. The Morgan fingerprint density at radius 2 is 1.96 bits per heavy atom. The van der Waals surface area contributed by atoms with E-state index in [0.717, 1.165) is 32.5 Å². The third-order valence-corrected chi connectivity index (χ3v) is 6.43. The number of rotatable bonds is 5. The number of hydrogen-bond acceptors (Lipinski definition) is 5. The van der Waals surface area contributed by atoms with Crippen LogP contribution in [0.4, 0.5) is 0 Å². The Hall–Kier alpha value is -0.700. The fourth-order valence-electron chi connectivity index (χ4n) is 4.20. The van der Waals surface area contributed by atoms with E-state index in [-0.39, 0.29) is 29.8 Å². The van der Waals surface area contributed by atoms with Crippen LogP contribution in [0.15, 0.2) is 0 Å². The average Bonchev–Trinajstić information content (AvgIpc) is 3.12. The first-order valence-corrected chi connectivity index (χ1v) is 10.8. The first kappa shape index (κ1) is 18.1. The summed E-state index contributed by atoms with van der Waals surface area (Å²) in [5.74, 6) is 0.807. The van der Waals surface area contributed by atoms with Crippen molar-refractivity contribution in [1.82, 2.24) is 14.5 Å². The Kier molecular flexibility index (Phi) is 5.48. The Morgan fingerprint density at radius 3 is 2.58 bits per heavy atom. The van der Waals surface area contributed by atoms with E-state index in [1.54, 1.807) is 0 Å². The molecular formula is C16H29N3O4S. The molecule has 0 aromatic rings. The van der Waals surface area contributed by atoms with E-state index in [4.69, 9.17) is 4.74 Å². The van der Waals surface area contributed by atoms with Crippen LogP contribution in [0.2, 0.25) is 0 Å². The van der Waals surface area contributed by atoms with Crippen molar-refractivity contribution in [3.8, 4) is 0 Å². The van der Waals surface area contributed by atoms with Gasteiger partial charge in [-0.15, -0.1) is 0 Å². The smallest absolute Gasteiger partial charge is 0.225 e. The molecule has 3 heterocycles. The minimum atomic E-state index is -3.19. The van der Waals surface area contributed by atoms with Crippen molar-refractivity contribution in [1.29, 1.82) is 0 Å². The molecule has 0 bridgehead atoms. The summed E-state index contributed by atoms with van der Waals surface area (Å²) in [5, 5.41) is 0. The van der Waals surface area contributed by atoms with Gasteiger partial charge in [0.15, 0.2) is 0 Å². The molecule has 3 saturated heterocycles. The van der Waals surface area contributed by atoms with Gasteiger partial charge in [0, 0.05) is 37.4 Å². The maximum Gasteiger partial charge on any atom is 0.225 e. The molecular weight excluding hydrogens is 330 g/mol. The number of nitrogens with one attached hydrogen (secondary N) is 1. The van der Waals surface area contributed by atoms with Gasteiger partial charge in [-0.05, 0) is 32.5 Å². The van der Waals surface area contributed by atoms with E-state index in [2.05, 4.69) is 16.5 Å². The molecule has 24 heavy (non-hydrogen) atoms. The summed E-state index contributed by atoms with van der Waals surface area (Å²) in [5.41, 5.74) is 0. The van der Waals surface area contributed by atoms with Crippen LogP contribution in [0.25, 0.3) is 0 Å². The van der Waals surface area contributed by atoms with Crippen LogP contribution >= 0.6 is 0 Å². The van der Waals surface area contributed by atoms with Gasteiger partial charge in [-0.2, -0.15) is 0 Å². The van der Waals surface area contributed by atoms with Crippen LogP contribution in [0.3, 0.4) is 0 Å². The molecule has 0 aromatic carbocycles. The van der Waals surface area contributed by atoms with Gasteiger partial charge in [0.25, 0.3) is 0 Å². The highest BCUT2D eigenvalue weighted by atomic mass is 32.2. The summed E-state index contributed by atoms with van der Waals surface area (Å²) < 4.78 is 31.0. The number of ether oxygens (including phenoxy) is 1. The van der Waals surface area contributed by atoms with Crippen LogP contribution in [0.5, 0.6) is 0 Å². The molecule has 3 fully saturated rings. The van der Waals surface area contributed by atoms with Crippen molar-refractivity contribution in [3.05, 3.63) is 0 Å². The van der Waals surface area contributed by atoms with Gasteiger partial charge in [-0.25, -0.2) is 13.1 Å². The number of piperidine rings is 1. The van der Waals surface area contributed by atoms with Crippen LogP contribution in [-0.2, 0) is 19.6 Å². The van der Waals surface area contributed by atoms with Gasteiger partial charge in [-0.1, -0.05) is 6.92 Å². The van der Waals surface area contributed by atoms with Gasteiger partial charge in [0.2, 0.25) is 15.9 Å². The molecule has 0 saturated carbocycles. The summed E-state index contributed by atoms with van der Waals surface area (Å²) in [6.45, 7) is 7.56. The number of nitrogens with zero attached hydrogens (tertiary/aromatic N) is 2. The number of sulfonamides is 1. The number of likely N-dealkylation sites (tertiary alicyclic amines) is 2. The van der Waals surface area contributed by atoms with Crippen LogP contribution in [-0.4, -0.2) is 82.4 Å². The minimum absolute atomic E-state index is 0.0658. The highest BCUT2D eigenvalue weighted by Crippen LogP contribution is 2.34. The van der Waals surface area contributed by atoms with Gasteiger partial charge in [0.05, 0.1) is 19.0 Å². The lowest BCUT2D eigenvalue weighted by molar-refractivity contribution is -0.136. The van der Waals surface area contributed by atoms with Gasteiger partial charge >= 0.3 is 0 Å². The predicted octanol–water partition coefficient (Wildman–Crippen LogP) is -0.259. The SMILES string of the molecule is CCN1CCC(C(=O)N2C[C@@H]3[C@H](CNS(C)(=O)=O)CO[C@@H]3C2)CC1. The molecule has 1 N–H and O–H groups in total. The van der Waals surface area contributed by atoms with Crippen molar-refractivity contribution >= 4 is 15.9 Å². The lowest BCUT2D eigenvalue weighted by Gasteiger charge is -2.32. The monoisotopic (exact) mass is 359 g/mol. The molecule has 0 aliphatic carbocycles. The predicted molar refractivity (Wildman–Crippen MR) is 91.0 cm³/mol. The Balaban J connectivity index is 1.52. The Bertz CT molecular complexity index is 560. The van der Waals surface area contributed by atoms with Crippen molar-refractivity contribution in [3.63, 3.8) is 0 Å². The van der Waals surface area contributed by atoms with Gasteiger partial charge < -0.3 is 14.5 Å². The Morgan fingerprint density at radius 1 is 1.25 bits per heavy atom. The quantitative estimate of drug-likeness (QED) is 0.732. The van der Waals surface area contributed by atoms with Crippen molar-refractivity contribution in [2.24, 2.45) is 17.8 Å². The molecule has 7 nitrogen and oxygen atoms in total. The zero-order valence-corrected chi connectivity index (χ0v) is 15.4. The number of amides is 1. The topological polar surface area (TPSA) is 79.0 Å². The molecule has 0 unspecified atom stereocenters. The second-order valence-corrected chi connectivity index (χ2v) is 9.20. The van der Waals surface area contributed by atoms with Crippen molar-refractivity contribution in [2.75, 3.05) is 52.1 Å². The third kappa shape index (κ3) is 4.09. The molecule has 0 aromatic heterocycles. The molecule has 3 aliphatic rings. The number of hydrogen-bond donors (Lipinski definition) is 1. The van der Waals surface area contributed by atoms with E-state index in [9.17, 15) is 13.2 Å². The average molecular weight is 359 g/mol. The molecule has 0 radical (unpaired) electrons. The van der Waals surface area contributed by atoms with Crippen LogP contribution in [0, 0.1) is 17.8 Å². The zero-order chi connectivity index (χ0) is 17.3. The lowest BCUT2D eigenvalue weighted by Crippen LogP contribution is -2.42. The van der Waals surface area contributed by atoms with Crippen molar-refractivity contribution in [2.45, 2.75) is 25.9 Å². The minimum Gasteiger partial charge on any atom is -0.376 e. The zero-order valence-electron chi connectivity index (χ0n) is 14.6. The fraction of sp³-hybridized carbons (Fsp3) is 0.938. The standard InChI is InChI=1S/C16H29N3O4S/c1-3-18-6-4-12(5-7-18)16(20)19-9-14-13(8-17-24(2,21)22)11-23-15(14)10-19/h12-15,17H,3-11H2,1-2H3/t13-,14-,15-/m1/s1. The fourth-order valence-corrected chi connectivity index (χ4v) is 4.72. The van der Waals surface area contributed by atoms with Crippen molar-refractivity contribution < 1.29 is 17.9 Å². The largest absolute Gasteiger partial charge is 0.376 e. The first-order chi connectivity index (χ1) is 11.4. The third-order valence-electron chi connectivity index (χ3n) is 5.74. The highest BCUT2D eigenvalue weighted by Gasteiger charge is 2.46. The maximum absolute atomic E-state index is 12.8. The second-order valence-electron chi connectivity index (χ2n) is 7.37. The Labute approximate surface area is 144 Å². The molecule has 1 amide bonds. The maximum atomic E-state index is 12.8. The highest BCUT2D eigenvalue weighted by molar-refractivity contribution is 7.88. The molecule has 0 spiro atoms. The summed E-state index contributed by atoms with van der Waals surface area (Å²) in [6.07, 6.45) is 3.13. The lowest BCUT2D eigenvalue weighted by atomic mass is 9.93. The van der Waals surface area contributed by atoms with E-state index >= 15 is 0 Å². The summed E-state index contributed by atoms with van der Waals surface area (Å²) in [7, 11) is -3.19. The van der Waals surface area contributed by atoms with Crippen LogP contribution in [0.1, 0.15) is 19.8 Å². The summed E-state index contributed by atoms with van der Waals surface area (Å²) >= 11 is 0. The number of carbonyl (C=O) groups is 1. The molecule has 8 heteroatoms.